The minimum Gasteiger partial charge on any atom is -0.477 e. The average molecular weight is 291 g/mol. The van der Waals surface area contributed by atoms with Crippen molar-refractivity contribution in [3.05, 3.63) is 11.4 Å². The molecule has 0 aliphatic rings. The molecule has 0 bridgehead atoms. The average Bonchev–Trinajstić information content (AvgIpc) is 2.37. The first-order chi connectivity index (χ1) is 9.37. The lowest BCUT2D eigenvalue weighted by atomic mass is 10.3. The van der Waals surface area contributed by atoms with Crippen molar-refractivity contribution < 1.29 is 17.9 Å². The van der Waals surface area contributed by atoms with Gasteiger partial charge >= 0.3 is 6.18 Å². The van der Waals surface area contributed by atoms with E-state index < -0.39 is 19.2 Å². The van der Waals surface area contributed by atoms with E-state index in [4.69, 9.17) is 4.74 Å². The van der Waals surface area contributed by atoms with Crippen molar-refractivity contribution in [2.45, 2.75) is 46.2 Å². The van der Waals surface area contributed by atoms with Crippen molar-refractivity contribution in [1.29, 1.82) is 0 Å². The third-order valence-electron chi connectivity index (χ3n) is 2.63. The summed E-state index contributed by atoms with van der Waals surface area (Å²) < 4.78 is 41.5. The number of hydrogen-bond donors (Lipinski definition) is 1. The third kappa shape index (κ3) is 5.22. The summed E-state index contributed by atoms with van der Waals surface area (Å²) in [6.45, 7) is 5.94. The number of rotatable bonds is 7. The van der Waals surface area contributed by atoms with Gasteiger partial charge in [0.15, 0.2) is 0 Å². The molecule has 0 atom stereocenters. The molecule has 0 spiro atoms. The van der Waals surface area contributed by atoms with Crippen LogP contribution in [0.2, 0.25) is 0 Å². The lowest BCUT2D eigenvalue weighted by Crippen LogP contribution is -2.15. The fourth-order valence-corrected chi connectivity index (χ4v) is 1.52. The van der Waals surface area contributed by atoms with Gasteiger partial charge in [0.25, 0.3) is 0 Å². The summed E-state index contributed by atoms with van der Waals surface area (Å²) in [5.74, 6) is 1.40. The van der Waals surface area contributed by atoms with E-state index in [1.165, 1.54) is 0 Å². The van der Waals surface area contributed by atoms with Gasteiger partial charge in [0.1, 0.15) is 11.6 Å². The zero-order chi connectivity index (χ0) is 15.2. The number of aromatic nitrogens is 2. The fraction of sp³-hybridized carbons (Fsp3) is 0.692. The van der Waals surface area contributed by atoms with E-state index in [9.17, 15) is 13.2 Å². The van der Waals surface area contributed by atoms with E-state index in [2.05, 4.69) is 15.3 Å². The smallest absolute Gasteiger partial charge is 0.392 e. The van der Waals surface area contributed by atoms with Crippen molar-refractivity contribution in [2.24, 2.45) is 0 Å². The minimum absolute atomic E-state index is 0.222. The first-order valence-corrected chi connectivity index (χ1v) is 6.68. The van der Waals surface area contributed by atoms with Gasteiger partial charge in [-0.15, -0.1) is 0 Å². The Kier molecular flexibility index (Phi) is 6.04. The van der Waals surface area contributed by atoms with Gasteiger partial charge in [0.2, 0.25) is 5.88 Å². The van der Waals surface area contributed by atoms with Crippen LogP contribution in [-0.4, -0.2) is 29.3 Å². The third-order valence-corrected chi connectivity index (χ3v) is 2.63. The Morgan fingerprint density at radius 3 is 2.45 bits per heavy atom. The van der Waals surface area contributed by atoms with E-state index in [1.54, 1.807) is 6.92 Å². The molecule has 0 radical (unpaired) electrons. The molecule has 1 heterocycles. The molecule has 0 aliphatic heterocycles. The summed E-state index contributed by atoms with van der Waals surface area (Å²) in [6.07, 6.45) is -3.70. The second kappa shape index (κ2) is 7.31. The van der Waals surface area contributed by atoms with Crippen LogP contribution in [0.5, 0.6) is 5.88 Å². The Bertz CT molecular complexity index is 436. The van der Waals surface area contributed by atoms with Gasteiger partial charge in [-0.3, -0.25) is 0 Å². The van der Waals surface area contributed by atoms with Crippen molar-refractivity contribution >= 4 is 5.82 Å². The van der Waals surface area contributed by atoms with Gasteiger partial charge in [-0.2, -0.15) is 18.2 Å². The Labute approximate surface area is 116 Å². The Hall–Kier alpha value is -1.53. The van der Waals surface area contributed by atoms with Gasteiger partial charge in [0.05, 0.1) is 18.6 Å². The summed E-state index contributed by atoms with van der Waals surface area (Å²) in [6, 6.07) is 0. The second-order valence-corrected chi connectivity index (χ2v) is 4.41. The number of nitrogens with one attached hydrogen (secondary N) is 1. The number of halogens is 3. The molecule has 114 valence electrons. The predicted octanol–water partition coefficient (Wildman–Crippen LogP) is 3.50. The van der Waals surface area contributed by atoms with Crippen LogP contribution in [0.3, 0.4) is 0 Å². The molecule has 0 saturated carbocycles. The highest BCUT2D eigenvalue weighted by Crippen LogP contribution is 2.24. The molecule has 7 heteroatoms. The molecular formula is C13H20F3N3O. The van der Waals surface area contributed by atoms with Crippen LogP contribution in [0.15, 0.2) is 0 Å². The zero-order valence-electron chi connectivity index (χ0n) is 12.0. The number of nitrogens with zero attached hydrogens (tertiary/aromatic N) is 2. The second-order valence-electron chi connectivity index (χ2n) is 4.41. The maximum Gasteiger partial charge on any atom is 0.392 e. The molecule has 20 heavy (non-hydrogen) atoms. The highest BCUT2D eigenvalue weighted by atomic mass is 19.4. The maximum atomic E-state index is 12.1. The number of hydrogen-bond acceptors (Lipinski definition) is 4. The lowest BCUT2D eigenvalue weighted by Gasteiger charge is -2.14. The summed E-state index contributed by atoms with van der Waals surface area (Å²) in [7, 11) is 0. The van der Waals surface area contributed by atoms with Crippen LogP contribution in [0, 0.1) is 6.92 Å². The van der Waals surface area contributed by atoms with Gasteiger partial charge in [-0.05, 0) is 13.3 Å². The van der Waals surface area contributed by atoms with Crippen LogP contribution in [0.1, 0.15) is 38.1 Å². The van der Waals surface area contributed by atoms with E-state index in [1.807, 2.05) is 13.8 Å². The van der Waals surface area contributed by atoms with Crippen molar-refractivity contribution in [3.8, 4) is 5.88 Å². The normalized spacial score (nSPS) is 11.5. The van der Waals surface area contributed by atoms with Crippen molar-refractivity contribution in [1.82, 2.24) is 9.97 Å². The van der Waals surface area contributed by atoms with Gasteiger partial charge < -0.3 is 10.1 Å². The SMILES string of the molecule is CCCNc1nc(CC)nc(OCCC(F)(F)F)c1C. The Morgan fingerprint density at radius 2 is 1.90 bits per heavy atom. The molecule has 0 aromatic carbocycles. The Morgan fingerprint density at radius 1 is 1.20 bits per heavy atom. The molecule has 0 saturated heterocycles. The van der Waals surface area contributed by atoms with Crippen LogP contribution < -0.4 is 10.1 Å². The highest BCUT2D eigenvalue weighted by Gasteiger charge is 2.27. The van der Waals surface area contributed by atoms with Crippen molar-refractivity contribution in [3.63, 3.8) is 0 Å². The molecule has 0 amide bonds. The number of aryl methyl sites for hydroxylation is 1. The molecule has 0 aliphatic carbocycles. The van der Waals surface area contributed by atoms with Crippen molar-refractivity contribution in [2.75, 3.05) is 18.5 Å². The molecule has 0 unspecified atom stereocenters. The molecule has 4 nitrogen and oxygen atoms in total. The summed E-state index contributed by atoms with van der Waals surface area (Å²) in [4.78, 5) is 8.46. The summed E-state index contributed by atoms with van der Waals surface area (Å²) in [5, 5.41) is 3.13. The monoisotopic (exact) mass is 291 g/mol. The van der Waals surface area contributed by atoms with E-state index in [-0.39, 0.29) is 5.88 Å². The van der Waals surface area contributed by atoms with Crippen LogP contribution in [-0.2, 0) is 6.42 Å². The quantitative estimate of drug-likeness (QED) is 0.835. The van der Waals surface area contributed by atoms with E-state index in [0.29, 0.717) is 23.6 Å². The topological polar surface area (TPSA) is 47.0 Å². The first kappa shape index (κ1) is 16.5. The standard InChI is InChI=1S/C13H20F3N3O/c1-4-7-17-11-9(3)12(19-10(5-2)18-11)20-8-6-13(14,15)16/h4-8H2,1-3H3,(H,17,18,19). The largest absolute Gasteiger partial charge is 0.477 e. The first-order valence-electron chi connectivity index (χ1n) is 6.68. The molecule has 1 aromatic rings. The number of alkyl halides is 3. The van der Waals surface area contributed by atoms with Crippen LogP contribution in [0.4, 0.5) is 19.0 Å². The number of anilines is 1. The minimum atomic E-state index is -4.22. The molecular weight excluding hydrogens is 271 g/mol. The molecule has 1 rings (SSSR count). The fourth-order valence-electron chi connectivity index (χ4n) is 1.52. The predicted molar refractivity (Wildman–Crippen MR) is 71.1 cm³/mol. The molecule has 0 fully saturated rings. The highest BCUT2D eigenvalue weighted by molar-refractivity contribution is 5.48. The molecule has 1 aromatic heterocycles. The van der Waals surface area contributed by atoms with Gasteiger partial charge in [-0.25, -0.2) is 4.98 Å². The maximum absolute atomic E-state index is 12.1. The summed E-state index contributed by atoms with van der Waals surface area (Å²) in [5.41, 5.74) is 0.637. The van der Waals surface area contributed by atoms with E-state index >= 15 is 0 Å². The zero-order valence-corrected chi connectivity index (χ0v) is 12.0. The van der Waals surface area contributed by atoms with Gasteiger partial charge in [0, 0.05) is 13.0 Å². The van der Waals surface area contributed by atoms with Crippen LogP contribution in [0.25, 0.3) is 0 Å². The van der Waals surface area contributed by atoms with E-state index in [0.717, 1.165) is 13.0 Å². The Balaban J connectivity index is 2.82. The van der Waals surface area contributed by atoms with Gasteiger partial charge in [-0.1, -0.05) is 13.8 Å². The lowest BCUT2D eigenvalue weighted by molar-refractivity contribution is -0.139. The molecule has 1 N–H and O–H groups in total. The number of ether oxygens (including phenoxy) is 1. The summed E-state index contributed by atoms with van der Waals surface area (Å²) >= 11 is 0. The van der Waals surface area contributed by atoms with Crippen LogP contribution >= 0.6 is 0 Å².